The minimum absolute atomic E-state index is 0.209. The van der Waals surface area contributed by atoms with E-state index in [2.05, 4.69) is 8.94 Å². The zero-order valence-corrected chi connectivity index (χ0v) is 9.14. The van der Waals surface area contributed by atoms with Crippen molar-refractivity contribution in [2.75, 3.05) is 13.1 Å². The van der Waals surface area contributed by atoms with Crippen LogP contribution in [0.4, 0.5) is 16.8 Å². The van der Waals surface area contributed by atoms with Gasteiger partial charge < -0.3 is 0 Å². The van der Waals surface area contributed by atoms with Gasteiger partial charge in [0.15, 0.2) is 0 Å². The van der Waals surface area contributed by atoms with Crippen LogP contribution in [0.3, 0.4) is 0 Å². The van der Waals surface area contributed by atoms with Gasteiger partial charge in [0.25, 0.3) is 0 Å². The van der Waals surface area contributed by atoms with Crippen molar-refractivity contribution < 1.29 is 35.2 Å². The monoisotopic (exact) mass is 273 g/mol. The summed E-state index contributed by atoms with van der Waals surface area (Å²) < 4.78 is 64.2. The third-order valence-corrected chi connectivity index (χ3v) is 3.76. The zero-order chi connectivity index (χ0) is 11.8. The van der Waals surface area contributed by atoms with Crippen LogP contribution in [-0.2, 0) is 13.5 Å². The first-order chi connectivity index (χ1) is 6.54. The zero-order valence-electron chi connectivity index (χ0n) is 7.35. The molecule has 1 rings (SSSR count). The summed E-state index contributed by atoms with van der Waals surface area (Å²) >= 11 is 0. The van der Waals surface area contributed by atoms with E-state index in [0.717, 1.165) is 5.06 Å². The molecule has 0 radical (unpaired) electrons. The van der Waals surface area contributed by atoms with Gasteiger partial charge in [0.2, 0.25) is 0 Å². The van der Waals surface area contributed by atoms with Gasteiger partial charge in [-0.3, -0.25) is 0 Å². The second-order valence-corrected chi connectivity index (χ2v) is 6.00. The molecule has 0 aromatic rings. The maximum absolute atomic E-state index is 11.7. The van der Waals surface area contributed by atoms with Crippen molar-refractivity contribution in [3.63, 3.8) is 0 Å². The van der Waals surface area contributed by atoms with E-state index in [1.807, 2.05) is 0 Å². The van der Waals surface area contributed by atoms with E-state index in [-0.39, 0.29) is 13.1 Å². The first-order valence-electron chi connectivity index (χ1n) is 3.92. The molecule has 0 saturated carbocycles. The number of hydroxylamine groups is 2. The molecular formula is C4H9F4NO4P2. The Labute approximate surface area is 83.0 Å². The molecule has 0 spiro atoms. The van der Waals surface area contributed by atoms with Crippen molar-refractivity contribution in [3.05, 3.63) is 0 Å². The Hall–Kier alpha value is 0.220. The summed E-state index contributed by atoms with van der Waals surface area (Å²) in [5.74, 6) is 0. The van der Waals surface area contributed by atoms with Crippen molar-refractivity contribution in [2.45, 2.75) is 12.8 Å². The molecule has 0 amide bonds. The summed E-state index contributed by atoms with van der Waals surface area (Å²) in [5, 5.41) is 0.850. The molecule has 0 aromatic heterocycles. The molecule has 1 fully saturated rings. The van der Waals surface area contributed by atoms with Gasteiger partial charge in [-0.1, -0.05) is 0 Å². The second kappa shape index (κ2) is 3.91. The molecule has 0 aromatic carbocycles. The summed E-state index contributed by atoms with van der Waals surface area (Å²) in [5.41, 5.74) is 0. The van der Waals surface area contributed by atoms with Crippen LogP contribution in [0.1, 0.15) is 12.8 Å². The topological polar surface area (TPSA) is 59.0 Å². The van der Waals surface area contributed by atoms with E-state index in [4.69, 9.17) is 4.89 Å². The summed E-state index contributed by atoms with van der Waals surface area (Å²) in [6.07, 6.45) is 1.25. The van der Waals surface area contributed by atoms with Crippen LogP contribution >= 0.6 is 15.9 Å². The second-order valence-electron chi connectivity index (χ2n) is 2.93. The molecule has 5 nitrogen and oxygen atoms in total. The van der Waals surface area contributed by atoms with Gasteiger partial charge in [0.05, 0.1) is 0 Å². The van der Waals surface area contributed by atoms with E-state index in [0.29, 0.717) is 12.8 Å². The molecule has 1 saturated heterocycles. The molecule has 1 atom stereocenters. The predicted molar refractivity (Wildman–Crippen MR) is 44.2 cm³/mol. The van der Waals surface area contributed by atoms with E-state index in [1.165, 1.54) is 0 Å². The third-order valence-electron chi connectivity index (χ3n) is 1.51. The fourth-order valence-electron chi connectivity index (χ4n) is 1.09. The number of phosphoric acid groups is 1. The molecule has 92 valence electrons. The summed E-state index contributed by atoms with van der Waals surface area (Å²) in [4.78, 5) is 8.62. The van der Waals surface area contributed by atoms with Crippen molar-refractivity contribution in [1.82, 2.24) is 5.06 Å². The summed E-state index contributed by atoms with van der Waals surface area (Å²) in [6.45, 7) is 0.419. The maximum atomic E-state index is 11.7. The fourth-order valence-corrected chi connectivity index (χ4v) is 2.91. The van der Waals surface area contributed by atoms with Gasteiger partial charge in [0, 0.05) is 0 Å². The Bertz CT molecular complexity index is 279. The Kier molecular flexibility index (Phi) is 3.46. The SMILES string of the molecule is O=P(O)(ON1CCCC1)OP(F)(F)(F)F. The van der Waals surface area contributed by atoms with E-state index < -0.39 is 15.9 Å². The molecule has 0 aliphatic carbocycles. The molecule has 1 unspecified atom stereocenters. The number of halogens is 4. The molecule has 1 heterocycles. The molecule has 0 bridgehead atoms. The Balaban J connectivity index is 2.55. The van der Waals surface area contributed by atoms with Crippen molar-refractivity contribution in [1.29, 1.82) is 0 Å². The van der Waals surface area contributed by atoms with Crippen LogP contribution in [0.25, 0.3) is 0 Å². The van der Waals surface area contributed by atoms with Crippen molar-refractivity contribution >= 4 is 15.9 Å². The van der Waals surface area contributed by atoms with Gasteiger partial charge in [0.1, 0.15) is 0 Å². The average Bonchev–Trinajstić information content (AvgIpc) is 2.29. The quantitative estimate of drug-likeness (QED) is 0.629. The van der Waals surface area contributed by atoms with Gasteiger partial charge in [-0.25, -0.2) is 0 Å². The number of hydrogen-bond acceptors (Lipinski definition) is 4. The summed E-state index contributed by atoms with van der Waals surface area (Å²) in [6, 6.07) is 0. The van der Waals surface area contributed by atoms with Crippen molar-refractivity contribution in [3.8, 4) is 0 Å². The van der Waals surface area contributed by atoms with Gasteiger partial charge in [-0.2, -0.15) is 0 Å². The van der Waals surface area contributed by atoms with Gasteiger partial charge >= 0.3 is 82.1 Å². The number of rotatable bonds is 4. The third kappa shape index (κ3) is 5.75. The predicted octanol–water partition coefficient (Wildman–Crippen LogP) is 3.14. The molecule has 1 aliphatic rings. The van der Waals surface area contributed by atoms with Crippen LogP contribution in [0, 0.1) is 0 Å². The van der Waals surface area contributed by atoms with Crippen LogP contribution in [0.5, 0.6) is 0 Å². The number of nitrogens with zero attached hydrogens (tertiary/aromatic N) is 1. The first-order valence-corrected chi connectivity index (χ1v) is 7.13. The normalized spacial score (nSPS) is 25.8. The fraction of sp³-hybridized carbons (Fsp3) is 1.00. The van der Waals surface area contributed by atoms with Crippen LogP contribution in [0.2, 0.25) is 0 Å². The Morgan fingerprint density at radius 2 is 1.67 bits per heavy atom. The summed E-state index contributed by atoms with van der Waals surface area (Å²) in [7, 11) is -13.9. The van der Waals surface area contributed by atoms with Crippen LogP contribution < -0.4 is 0 Å². The molecule has 1 aliphatic heterocycles. The molecule has 15 heavy (non-hydrogen) atoms. The molecular weight excluding hydrogens is 264 g/mol. The standard InChI is InChI=1S/C4H9F4NO4P2/c5-15(6,7,8)13-14(10,11)12-9-3-1-2-4-9/h1-4H2,(H,10,11). The van der Waals surface area contributed by atoms with Gasteiger partial charge in [-0.15, -0.1) is 0 Å². The van der Waals surface area contributed by atoms with E-state index >= 15 is 0 Å². The van der Waals surface area contributed by atoms with Crippen LogP contribution in [-0.4, -0.2) is 23.0 Å². The number of hydrogen-bond donors (Lipinski definition) is 1. The Morgan fingerprint density at radius 3 is 2.07 bits per heavy atom. The van der Waals surface area contributed by atoms with E-state index in [1.54, 1.807) is 0 Å². The van der Waals surface area contributed by atoms with E-state index in [9.17, 15) is 21.4 Å². The van der Waals surface area contributed by atoms with Crippen molar-refractivity contribution in [2.24, 2.45) is 0 Å². The molecule has 11 heteroatoms. The molecule has 1 N–H and O–H groups in total. The van der Waals surface area contributed by atoms with Crippen LogP contribution in [0.15, 0.2) is 0 Å². The Morgan fingerprint density at radius 1 is 1.20 bits per heavy atom. The first kappa shape index (κ1) is 13.3. The average molecular weight is 273 g/mol. The minimum atomic E-state index is -8.49. The van der Waals surface area contributed by atoms with Gasteiger partial charge in [-0.05, 0) is 0 Å².